The maximum absolute atomic E-state index is 12.7. The number of benzene rings is 1. The summed E-state index contributed by atoms with van der Waals surface area (Å²) >= 11 is 0. The van der Waals surface area contributed by atoms with Crippen LogP contribution in [-0.2, 0) is 25.8 Å². The van der Waals surface area contributed by atoms with Crippen molar-refractivity contribution in [1.82, 2.24) is 0 Å². The molecule has 0 saturated heterocycles. The molecule has 1 aliphatic rings. The highest BCUT2D eigenvalue weighted by Crippen LogP contribution is 2.34. The number of aliphatic hydroxyl groups excluding tert-OH is 1. The number of hydrogen-bond acceptors (Lipinski definition) is 8. The van der Waals surface area contributed by atoms with E-state index in [1.807, 2.05) is 13.8 Å². The van der Waals surface area contributed by atoms with Gasteiger partial charge in [-0.3, -0.25) is 9.59 Å². The first kappa shape index (κ1) is 21.7. The molecule has 0 radical (unpaired) electrons. The third kappa shape index (κ3) is 3.98. The summed E-state index contributed by atoms with van der Waals surface area (Å²) in [6.07, 6.45) is 1.97. The smallest absolute Gasteiger partial charge is 0.381 e. The van der Waals surface area contributed by atoms with Crippen LogP contribution < -0.4 is 0 Å². The normalized spacial score (nSPS) is 19.3. The lowest BCUT2D eigenvalue weighted by atomic mass is 9.96. The van der Waals surface area contributed by atoms with Crippen molar-refractivity contribution in [2.24, 2.45) is 0 Å². The molecule has 2 atom stereocenters. The van der Waals surface area contributed by atoms with Gasteiger partial charge in [-0.25, -0.2) is 19.4 Å². The number of carbonyl (C=O) groups excluding carboxylic acids is 4. The number of Topliss-reactive ketones (excluding diaryl/α,β-unsaturated/α-hetero) is 2. The summed E-state index contributed by atoms with van der Waals surface area (Å²) in [5, 5.41) is 20.1. The maximum Gasteiger partial charge on any atom is 0.403 e. The van der Waals surface area contributed by atoms with Crippen molar-refractivity contribution < 1.29 is 39.2 Å². The molecule has 0 amide bonds. The van der Waals surface area contributed by atoms with E-state index in [0.717, 1.165) is 19.3 Å². The number of ketones is 2. The lowest BCUT2D eigenvalue weighted by Gasteiger charge is -2.16. The molecular formula is C20H24O8. The van der Waals surface area contributed by atoms with Crippen LogP contribution >= 0.6 is 0 Å². The van der Waals surface area contributed by atoms with Gasteiger partial charge in [-0.15, -0.1) is 0 Å². The minimum absolute atomic E-state index is 0.0188. The van der Waals surface area contributed by atoms with E-state index in [9.17, 15) is 29.4 Å². The predicted molar refractivity (Wildman–Crippen MR) is 96.4 cm³/mol. The second-order valence-electron chi connectivity index (χ2n) is 6.74. The third-order valence-corrected chi connectivity index (χ3v) is 4.68. The second-order valence-corrected chi connectivity index (χ2v) is 6.74. The van der Waals surface area contributed by atoms with Gasteiger partial charge in [0.25, 0.3) is 5.60 Å². The number of fused-ring (bicyclic) bond motifs is 1. The molecule has 28 heavy (non-hydrogen) atoms. The van der Waals surface area contributed by atoms with Crippen molar-refractivity contribution in [3.63, 3.8) is 0 Å². The van der Waals surface area contributed by atoms with Crippen molar-refractivity contribution in [3.8, 4) is 0 Å². The van der Waals surface area contributed by atoms with Crippen LogP contribution in [0.1, 0.15) is 72.2 Å². The highest BCUT2D eigenvalue weighted by Gasteiger charge is 2.60. The van der Waals surface area contributed by atoms with Gasteiger partial charge >= 0.3 is 11.9 Å². The second kappa shape index (κ2) is 9.07. The first-order valence-electron chi connectivity index (χ1n) is 9.33. The van der Waals surface area contributed by atoms with E-state index < -0.39 is 35.2 Å². The maximum atomic E-state index is 12.7. The molecule has 2 rings (SSSR count). The number of aryl methyl sites for hydroxylation is 1. The van der Waals surface area contributed by atoms with Crippen LogP contribution in [0, 0.1) is 0 Å². The number of rotatable bonds is 8. The highest BCUT2D eigenvalue weighted by molar-refractivity contribution is 6.41. The summed E-state index contributed by atoms with van der Waals surface area (Å²) < 4.78 is 0. The fourth-order valence-electron chi connectivity index (χ4n) is 3.01. The average Bonchev–Trinajstić information content (AvgIpc) is 2.90. The molecule has 0 heterocycles. The van der Waals surface area contributed by atoms with E-state index in [1.54, 1.807) is 12.1 Å². The fraction of sp³-hybridized carbons (Fsp3) is 0.500. The quantitative estimate of drug-likeness (QED) is 0.389. The van der Waals surface area contributed by atoms with Crippen LogP contribution in [0.2, 0.25) is 0 Å². The monoisotopic (exact) mass is 392 g/mol. The molecule has 8 nitrogen and oxygen atoms in total. The Bertz CT molecular complexity index is 784. The molecule has 0 aliphatic heterocycles. The van der Waals surface area contributed by atoms with Gasteiger partial charge in [0.2, 0.25) is 11.6 Å². The minimum Gasteiger partial charge on any atom is -0.381 e. The molecule has 0 aromatic heterocycles. The fourth-order valence-corrected chi connectivity index (χ4v) is 3.01. The van der Waals surface area contributed by atoms with Crippen molar-refractivity contribution >= 4 is 23.5 Å². The summed E-state index contributed by atoms with van der Waals surface area (Å²) in [5.41, 5.74) is -2.66. The Morgan fingerprint density at radius 3 is 2.39 bits per heavy atom. The van der Waals surface area contributed by atoms with Crippen LogP contribution in [-0.4, -0.2) is 45.4 Å². The molecule has 0 bridgehead atoms. The van der Waals surface area contributed by atoms with Gasteiger partial charge in [0.1, 0.15) is 0 Å². The summed E-state index contributed by atoms with van der Waals surface area (Å²) in [7, 11) is 0. The van der Waals surface area contributed by atoms with Crippen LogP contribution in [0.3, 0.4) is 0 Å². The van der Waals surface area contributed by atoms with Gasteiger partial charge in [-0.05, 0) is 24.8 Å². The molecule has 2 unspecified atom stereocenters. The Morgan fingerprint density at radius 2 is 1.75 bits per heavy atom. The van der Waals surface area contributed by atoms with E-state index in [0.29, 0.717) is 18.4 Å². The van der Waals surface area contributed by atoms with Gasteiger partial charge in [0, 0.05) is 11.1 Å². The van der Waals surface area contributed by atoms with Crippen LogP contribution in [0.5, 0.6) is 0 Å². The summed E-state index contributed by atoms with van der Waals surface area (Å²) in [4.78, 5) is 57.6. The molecule has 0 saturated carbocycles. The molecule has 0 fully saturated rings. The van der Waals surface area contributed by atoms with Gasteiger partial charge in [0.05, 0.1) is 0 Å². The zero-order chi connectivity index (χ0) is 20.9. The van der Waals surface area contributed by atoms with E-state index in [-0.39, 0.29) is 17.5 Å². The van der Waals surface area contributed by atoms with Crippen LogP contribution in [0.15, 0.2) is 18.2 Å². The summed E-state index contributed by atoms with van der Waals surface area (Å²) in [6.45, 7) is 3.82. The zero-order valence-corrected chi connectivity index (χ0v) is 15.9. The van der Waals surface area contributed by atoms with Crippen molar-refractivity contribution in [2.45, 2.75) is 64.1 Å². The molecule has 2 N–H and O–H groups in total. The van der Waals surface area contributed by atoms with Gasteiger partial charge in [-0.2, -0.15) is 0 Å². The lowest BCUT2D eigenvalue weighted by Crippen LogP contribution is -2.50. The SMILES string of the molecule is CCCCc1cccc2c1C(=O)C(O)(C(=O)OOC(=O)C(O)CCCC)C2=O. The number of carbonyl (C=O) groups is 4. The summed E-state index contributed by atoms with van der Waals surface area (Å²) in [5.74, 6) is -5.19. The molecule has 8 heteroatoms. The summed E-state index contributed by atoms with van der Waals surface area (Å²) in [6, 6.07) is 4.56. The van der Waals surface area contributed by atoms with Crippen molar-refractivity contribution in [2.75, 3.05) is 0 Å². The molecule has 1 aromatic carbocycles. The molecule has 1 aliphatic carbocycles. The first-order chi connectivity index (χ1) is 13.3. The Kier molecular flexibility index (Phi) is 7.04. The first-order valence-corrected chi connectivity index (χ1v) is 9.33. The topological polar surface area (TPSA) is 127 Å². The number of hydrogen-bond donors (Lipinski definition) is 2. The van der Waals surface area contributed by atoms with Gasteiger partial charge in [0.15, 0.2) is 6.10 Å². The molecule has 0 spiro atoms. The molecule has 1 aromatic rings. The predicted octanol–water partition coefficient (Wildman–Crippen LogP) is 1.69. The van der Waals surface area contributed by atoms with Gasteiger partial charge < -0.3 is 10.2 Å². The van der Waals surface area contributed by atoms with Gasteiger partial charge in [-0.1, -0.05) is 51.3 Å². The standard InChI is InChI=1S/C20H24O8/c1-3-5-8-12-9-7-10-13-15(12)17(23)20(26,16(13)22)19(25)28-27-18(24)14(21)11-6-4-2/h7,9-10,14,21,26H,3-6,8,11H2,1-2H3. The van der Waals surface area contributed by atoms with E-state index in [2.05, 4.69) is 9.78 Å². The number of unbranched alkanes of at least 4 members (excludes halogenated alkanes) is 2. The van der Waals surface area contributed by atoms with Crippen molar-refractivity contribution in [1.29, 1.82) is 0 Å². The number of aliphatic hydroxyl groups is 2. The lowest BCUT2D eigenvalue weighted by molar-refractivity contribution is -0.270. The van der Waals surface area contributed by atoms with Crippen molar-refractivity contribution in [3.05, 3.63) is 34.9 Å². The Labute approximate surface area is 162 Å². The third-order valence-electron chi connectivity index (χ3n) is 4.68. The molecule has 152 valence electrons. The highest BCUT2D eigenvalue weighted by atomic mass is 17.2. The molecular weight excluding hydrogens is 368 g/mol. The average molecular weight is 392 g/mol. The Morgan fingerprint density at radius 1 is 1.07 bits per heavy atom. The zero-order valence-electron chi connectivity index (χ0n) is 15.9. The van der Waals surface area contributed by atoms with Crippen LogP contribution in [0.4, 0.5) is 0 Å². The minimum atomic E-state index is -3.11. The van der Waals surface area contributed by atoms with E-state index >= 15 is 0 Å². The Hall–Kier alpha value is -2.58. The largest absolute Gasteiger partial charge is 0.403 e. The van der Waals surface area contributed by atoms with Crippen LogP contribution in [0.25, 0.3) is 0 Å². The Balaban J connectivity index is 2.17. The van der Waals surface area contributed by atoms with E-state index in [1.165, 1.54) is 6.07 Å². The van der Waals surface area contributed by atoms with E-state index in [4.69, 9.17) is 0 Å².